The fourth-order valence-corrected chi connectivity index (χ4v) is 3.05. The molecular formula is C8H10ClN3O2S. The lowest BCUT2D eigenvalue weighted by molar-refractivity contribution is 0.573. The van der Waals surface area contributed by atoms with Crippen LogP contribution in [0.1, 0.15) is 6.42 Å². The van der Waals surface area contributed by atoms with Gasteiger partial charge in [-0.05, 0) is 13.0 Å². The highest BCUT2D eigenvalue weighted by Gasteiger charge is 2.32. The van der Waals surface area contributed by atoms with Gasteiger partial charge in [0, 0.05) is 6.54 Å². The topological polar surface area (TPSA) is 72.0 Å². The van der Waals surface area contributed by atoms with Crippen LogP contribution in [-0.4, -0.2) is 36.7 Å². The maximum absolute atomic E-state index is 11.9. The minimum Gasteiger partial charge on any atom is -0.315 e. The van der Waals surface area contributed by atoms with Gasteiger partial charge in [0.15, 0.2) is 0 Å². The largest absolute Gasteiger partial charge is 0.315 e. The molecule has 2 heterocycles. The van der Waals surface area contributed by atoms with E-state index < -0.39 is 15.1 Å². The molecule has 0 bridgehead atoms. The molecule has 0 radical (unpaired) electrons. The third-order valence-corrected chi connectivity index (χ3v) is 4.50. The fourth-order valence-electron chi connectivity index (χ4n) is 1.49. The smallest absolute Gasteiger partial charge is 0.247 e. The number of nitrogens with zero attached hydrogens (tertiary/aromatic N) is 2. The molecule has 1 atom stereocenters. The summed E-state index contributed by atoms with van der Waals surface area (Å²) in [6, 6.07) is 0. The summed E-state index contributed by atoms with van der Waals surface area (Å²) in [6.45, 7) is 1.19. The van der Waals surface area contributed by atoms with Crippen LogP contribution in [0.3, 0.4) is 0 Å². The molecule has 7 heteroatoms. The van der Waals surface area contributed by atoms with Gasteiger partial charge in [0.25, 0.3) is 0 Å². The normalized spacial score (nSPS) is 21.8. The molecular weight excluding hydrogens is 238 g/mol. The average Bonchev–Trinajstić information content (AvgIpc) is 2.71. The van der Waals surface area contributed by atoms with Crippen LogP contribution in [0.25, 0.3) is 0 Å². The first kappa shape index (κ1) is 10.8. The summed E-state index contributed by atoms with van der Waals surface area (Å²) in [5.74, 6) is 0. The molecule has 2 rings (SSSR count). The molecule has 0 amide bonds. The fraction of sp³-hybridized carbons (Fsp3) is 0.500. The number of nitrogens with one attached hydrogen (secondary N) is 1. The van der Waals surface area contributed by atoms with Crippen molar-refractivity contribution in [2.75, 3.05) is 13.1 Å². The Morgan fingerprint density at radius 2 is 2.07 bits per heavy atom. The molecule has 1 aromatic heterocycles. The van der Waals surface area contributed by atoms with E-state index in [1.807, 2.05) is 0 Å². The van der Waals surface area contributed by atoms with Crippen LogP contribution in [0, 0.1) is 0 Å². The van der Waals surface area contributed by atoms with E-state index in [0.717, 1.165) is 6.54 Å². The number of rotatable bonds is 2. The lowest BCUT2D eigenvalue weighted by Crippen LogP contribution is -2.25. The monoisotopic (exact) mass is 247 g/mol. The highest BCUT2D eigenvalue weighted by Crippen LogP contribution is 2.17. The second-order valence-corrected chi connectivity index (χ2v) is 5.90. The molecule has 0 aliphatic carbocycles. The van der Waals surface area contributed by atoms with E-state index >= 15 is 0 Å². The quantitative estimate of drug-likeness (QED) is 0.760. The van der Waals surface area contributed by atoms with Gasteiger partial charge in [-0.1, -0.05) is 11.6 Å². The van der Waals surface area contributed by atoms with Crippen molar-refractivity contribution in [3.05, 3.63) is 17.4 Å². The highest BCUT2D eigenvalue weighted by atomic mass is 35.5. The van der Waals surface area contributed by atoms with Crippen molar-refractivity contribution in [2.24, 2.45) is 0 Å². The predicted molar refractivity (Wildman–Crippen MR) is 55.5 cm³/mol. The molecule has 0 spiro atoms. The summed E-state index contributed by atoms with van der Waals surface area (Å²) in [5.41, 5.74) is 0. The van der Waals surface area contributed by atoms with Gasteiger partial charge in [0.2, 0.25) is 15.0 Å². The van der Waals surface area contributed by atoms with Crippen LogP contribution in [0.15, 0.2) is 17.6 Å². The van der Waals surface area contributed by atoms with Gasteiger partial charge in [0.1, 0.15) is 0 Å². The average molecular weight is 248 g/mol. The Bertz CT molecular complexity index is 439. The van der Waals surface area contributed by atoms with E-state index in [1.54, 1.807) is 0 Å². The first-order chi connectivity index (χ1) is 7.10. The lowest BCUT2D eigenvalue weighted by atomic mass is 10.4. The molecule has 0 saturated carbocycles. The van der Waals surface area contributed by atoms with Gasteiger partial charge in [-0.25, -0.2) is 18.4 Å². The number of halogens is 1. The minimum atomic E-state index is -3.40. The van der Waals surface area contributed by atoms with Crippen molar-refractivity contribution < 1.29 is 8.42 Å². The van der Waals surface area contributed by atoms with Gasteiger partial charge in [0.05, 0.1) is 22.7 Å². The molecule has 0 aromatic carbocycles. The Morgan fingerprint density at radius 1 is 1.40 bits per heavy atom. The van der Waals surface area contributed by atoms with Crippen molar-refractivity contribution in [1.82, 2.24) is 15.3 Å². The Morgan fingerprint density at radius 3 is 2.60 bits per heavy atom. The summed E-state index contributed by atoms with van der Waals surface area (Å²) >= 11 is 5.59. The molecule has 1 aliphatic rings. The molecule has 82 valence electrons. The zero-order valence-electron chi connectivity index (χ0n) is 7.85. The van der Waals surface area contributed by atoms with E-state index in [1.165, 1.54) is 12.4 Å². The highest BCUT2D eigenvalue weighted by molar-refractivity contribution is 7.91. The first-order valence-corrected chi connectivity index (χ1v) is 6.45. The van der Waals surface area contributed by atoms with Crippen LogP contribution in [0.2, 0.25) is 5.02 Å². The molecule has 5 nitrogen and oxygen atoms in total. The number of hydrogen-bond acceptors (Lipinski definition) is 5. The lowest BCUT2D eigenvalue weighted by Gasteiger charge is -2.07. The Hall–Kier alpha value is -0.720. The van der Waals surface area contributed by atoms with E-state index in [-0.39, 0.29) is 5.16 Å². The number of hydrogen-bond donors (Lipinski definition) is 1. The Kier molecular flexibility index (Phi) is 2.90. The van der Waals surface area contributed by atoms with Gasteiger partial charge < -0.3 is 5.32 Å². The number of sulfone groups is 1. The minimum absolute atomic E-state index is 0.138. The number of aromatic nitrogens is 2. The van der Waals surface area contributed by atoms with Crippen molar-refractivity contribution >= 4 is 21.4 Å². The van der Waals surface area contributed by atoms with Crippen LogP contribution in [-0.2, 0) is 9.84 Å². The second-order valence-electron chi connectivity index (χ2n) is 3.34. The summed E-state index contributed by atoms with van der Waals surface area (Å²) in [6.07, 6.45) is 3.20. The van der Waals surface area contributed by atoms with E-state index in [4.69, 9.17) is 11.6 Å². The third-order valence-electron chi connectivity index (χ3n) is 2.31. The molecule has 1 saturated heterocycles. The van der Waals surface area contributed by atoms with Crippen molar-refractivity contribution in [1.29, 1.82) is 0 Å². The Labute approximate surface area is 92.8 Å². The van der Waals surface area contributed by atoms with Crippen LogP contribution in [0.5, 0.6) is 0 Å². The first-order valence-electron chi connectivity index (χ1n) is 4.53. The van der Waals surface area contributed by atoms with E-state index in [9.17, 15) is 8.42 Å². The van der Waals surface area contributed by atoms with Crippen molar-refractivity contribution in [3.63, 3.8) is 0 Å². The van der Waals surface area contributed by atoms with Crippen molar-refractivity contribution in [2.45, 2.75) is 16.8 Å². The summed E-state index contributed by atoms with van der Waals surface area (Å²) in [5, 5.41) is 2.77. The maximum atomic E-state index is 11.9. The second kappa shape index (κ2) is 4.03. The van der Waals surface area contributed by atoms with Gasteiger partial charge in [-0.3, -0.25) is 0 Å². The maximum Gasteiger partial charge on any atom is 0.247 e. The molecule has 1 N–H and O–H groups in total. The standard InChI is InChI=1S/C8H10ClN3O2S/c9-6-3-11-8(12-4-6)15(13,14)7-1-2-10-5-7/h3-4,7,10H,1-2,5H2/t7-/m0/s1. The predicted octanol–water partition coefficient (Wildman–Crippen LogP) is 0.266. The summed E-state index contributed by atoms with van der Waals surface area (Å²) in [4.78, 5) is 7.47. The summed E-state index contributed by atoms with van der Waals surface area (Å²) < 4.78 is 23.9. The van der Waals surface area contributed by atoms with Crippen LogP contribution >= 0.6 is 11.6 Å². The Balaban J connectivity index is 2.32. The molecule has 0 unspecified atom stereocenters. The molecule has 1 aromatic rings. The van der Waals surface area contributed by atoms with Gasteiger partial charge >= 0.3 is 0 Å². The zero-order chi connectivity index (χ0) is 10.9. The zero-order valence-corrected chi connectivity index (χ0v) is 9.42. The van der Waals surface area contributed by atoms with Crippen molar-refractivity contribution in [3.8, 4) is 0 Å². The van der Waals surface area contributed by atoms with Crippen LogP contribution < -0.4 is 5.32 Å². The summed E-state index contributed by atoms with van der Waals surface area (Å²) in [7, 11) is -3.40. The third kappa shape index (κ3) is 2.11. The van der Waals surface area contributed by atoms with E-state index in [2.05, 4.69) is 15.3 Å². The SMILES string of the molecule is O=S(=O)(c1ncc(Cl)cn1)[C@H]1CCNC1. The van der Waals surface area contributed by atoms with E-state index in [0.29, 0.717) is 18.0 Å². The van der Waals surface area contributed by atoms with Crippen LogP contribution in [0.4, 0.5) is 0 Å². The molecule has 1 fully saturated rings. The van der Waals surface area contributed by atoms with Gasteiger partial charge in [-0.2, -0.15) is 0 Å². The molecule has 1 aliphatic heterocycles. The molecule has 15 heavy (non-hydrogen) atoms. The van der Waals surface area contributed by atoms with Gasteiger partial charge in [-0.15, -0.1) is 0 Å².